The van der Waals surface area contributed by atoms with Crippen molar-refractivity contribution in [1.82, 2.24) is 0 Å². The number of hydrogen-bond acceptors (Lipinski definition) is 6. The molecule has 0 aromatic carbocycles. The standard InChI is InChI=1S/C23H34O6/c1-13(24)28-14-5-8-20(2)15-6-9-21(3)17(19(25)27-4)11-18-23(21,29-18)16(15)7-10-22(20,26)12-14/h14-18,26H,5-12H2,1-4H3/t14-,15-,16+,17+,18+,20+,21+,22-,23+/m0/s1. The van der Waals surface area contributed by atoms with Gasteiger partial charge >= 0.3 is 11.9 Å². The minimum Gasteiger partial charge on any atom is -0.469 e. The topological polar surface area (TPSA) is 85.4 Å². The number of fused-ring (bicyclic) bond motifs is 3. The Kier molecular flexibility index (Phi) is 4.08. The first-order chi connectivity index (χ1) is 13.6. The van der Waals surface area contributed by atoms with Crippen LogP contribution in [0, 0.1) is 28.6 Å². The van der Waals surface area contributed by atoms with Crippen LogP contribution >= 0.6 is 0 Å². The molecule has 6 nitrogen and oxygen atoms in total. The third-order valence-electron chi connectivity index (χ3n) is 10.0. The lowest BCUT2D eigenvalue weighted by Crippen LogP contribution is -2.65. The van der Waals surface area contributed by atoms with E-state index < -0.39 is 5.60 Å². The Hall–Kier alpha value is -1.14. The highest BCUT2D eigenvalue weighted by Gasteiger charge is 2.82. The van der Waals surface area contributed by atoms with Gasteiger partial charge < -0.3 is 19.3 Å². The minimum absolute atomic E-state index is 0.0829. The second-order valence-electron chi connectivity index (χ2n) is 10.8. The van der Waals surface area contributed by atoms with Crippen LogP contribution in [0.5, 0.6) is 0 Å². The van der Waals surface area contributed by atoms with E-state index in [1.54, 1.807) is 0 Å². The largest absolute Gasteiger partial charge is 0.469 e. The predicted molar refractivity (Wildman–Crippen MR) is 104 cm³/mol. The van der Waals surface area contributed by atoms with Gasteiger partial charge in [-0.2, -0.15) is 0 Å². The van der Waals surface area contributed by atoms with Gasteiger partial charge in [0.15, 0.2) is 0 Å². The van der Waals surface area contributed by atoms with Crippen LogP contribution in [0.4, 0.5) is 0 Å². The molecular weight excluding hydrogens is 372 g/mol. The second kappa shape index (κ2) is 5.97. The van der Waals surface area contributed by atoms with E-state index >= 15 is 0 Å². The van der Waals surface area contributed by atoms with Crippen LogP contribution in [0.3, 0.4) is 0 Å². The molecule has 1 heterocycles. The van der Waals surface area contributed by atoms with E-state index in [1.807, 2.05) is 0 Å². The Morgan fingerprint density at radius 3 is 2.41 bits per heavy atom. The van der Waals surface area contributed by atoms with Gasteiger partial charge in [-0.1, -0.05) is 13.8 Å². The van der Waals surface area contributed by atoms with E-state index in [-0.39, 0.29) is 46.5 Å². The molecule has 1 N–H and O–H groups in total. The van der Waals surface area contributed by atoms with Gasteiger partial charge in [-0.25, -0.2) is 0 Å². The van der Waals surface area contributed by atoms with E-state index in [1.165, 1.54) is 14.0 Å². The van der Waals surface area contributed by atoms with Gasteiger partial charge in [0.1, 0.15) is 11.7 Å². The summed E-state index contributed by atoms with van der Waals surface area (Å²) < 4.78 is 17.0. The molecule has 1 aliphatic heterocycles. The maximum Gasteiger partial charge on any atom is 0.309 e. The third-order valence-corrected chi connectivity index (χ3v) is 10.0. The molecule has 0 aromatic heterocycles. The molecule has 9 atom stereocenters. The first kappa shape index (κ1) is 19.8. The molecule has 5 fully saturated rings. The van der Waals surface area contributed by atoms with E-state index in [9.17, 15) is 14.7 Å². The highest BCUT2D eigenvalue weighted by atomic mass is 16.6. The van der Waals surface area contributed by atoms with Gasteiger partial charge in [0, 0.05) is 18.8 Å². The summed E-state index contributed by atoms with van der Waals surface area (Å²) in [6, 6.07) is 0. The maximum absolute atomic E-state index is 12.5. The van der Waals surface area contributed by atoms with Gasteiger partial charge in [0.2, 0.25) is 0 Å². The summed E-state index contributed by atoms with van der Waals surface area (Å²) in [5.74, 6) is 0.296. The summed E-state index contributed by atoms with van der Waals surface area (Å²) >= 11 is 0. The zero-order valence-electron chi connectivity index (χ0n) is 18.0. The van der Waals surface area contributed by atoms with Gasteiger partial charge in [-0.3, -0.25) is 9.59 Å². The Morgan fingerprint density at radius 1 is 1.03 bits per heavy atom. The van der Waals surface area contributed by atoms with Gasteiger partial charge in [-0.05, 0) is 62.2 Å². The Bertz CT molecular complexity index is 752. The second-order valence-corrected chi connectivity index (χ2v) is 10.8. The number of carbonyl (C=O) groups excluding carboxylic acids is 2. The van der Waals surface area contributed by atoms with E-state index in [0.29, 0.717) is 24.7 Å². The number of ether oxygens (including phenoxy) is 3. The number of methoxy groups -OCH3 is 1. The number of epoxide rings is 1. The van der Waals surface area contributed by atoms with Crippen LogP contribution in [-0.4, -0.2) is 47.6 Å². The van der Waals surface area contributed by atoms with E-state index in [0.717, 1.165) is 38.5 Å². The maximum atomic E-state index is 12.5. The summed E-state index contributed by atoms with van der Waals surface area (Å²) in [4.78, 5) is 23.9. The molecule has 0 unspecified atom stereocenters. The molecule has 5 aliphatic rings. The number of hydrogen-bond donors (Lipinski definition) is 1. The molecule has 1 saturated heterocycles. The van der Waals surface area contributed by atoms with Gasteiger partial charge in [0.05, 0.1) is 24.7 Å². The van der Waals surface area contributed by atoms with E-state index in [4.69, 9.17) is 14.2 Å². The number of esters is 2. The van der Waals surface area contributed by atoms with Gasteiger partial charge in [0.25, 0.3) is 0 Å². The molecule has 0 radical (unpaired) electrons. The molecule has 162 valence electrons. The molecular formula is C23H34O6. The van der Waals surface area contributed by atoms with Crippen molar-refractivity contribution >= 4 is 11.9 Å². The Labute approximate surface area is 172 Å². The third kappa shape index (κ3) is 2.31. The number of carbonyl (C=O) groups is 2. The molecule has 29 heavy (non-hydrogen) atoms. The van der Waals surface area contributed by atoms with Gasteiger partial charge in [-0.15, -0.1) is 0 Å². The van der Waals surface area contributed by atoms with Crippen LogP contribution in [-0.2, 0) is 23.8 Å². The Balaban J connectivity index is 1.44. The predicted octanol–water partition coefficient (Wildman–Crippen LogP) is 3.00. The molecule has 4 saturated carbocycles. The fourth-order valence-electron chi connectivity index (χ4n) is 8.48. The van der Waals surface area contributed by atoms with Crippen molar-refractivity contribution in [3.63, 3.8) is 0 Å². The summed E-state index contributed by atoms with van der Waals surface area (Å²) in [6.07, 6.45) is 6.48. The normalized spacial score (nSPS) is 55.0. The molecule has 0 bridgehead atoms. The zero-order valence-corrected chi connectivity index (χ0v) is 18.0. The average molecular weight is 407 g/mol. The number of rotatable bonds is 2. The summed E-state index contributed by atoms with van der Waals surface area (Å²) in [5, 5.41) is 11.7. The fourth-order valence-corrected chi connectivity index (χ4v) is 8.48. The van der Waals surface area contributed by atoms with Crippen molar-refractivity contribution in [1.29, 1.82) is 0 Å². The van der Waals surface area contributed by atoms with Crippen LogP contribution in [0.25, 0.3) is 0 Å². The van der Waals surface area contributed by atoms with Crippen molar-refractivity contribution in [2.45, 2.75) is 95.5 Å². The van der Waals surface area contributed by atoms with Crippen LogP contribution < -0.4 is 0 Å². The van der Waals surface area contributed by atoms with Crippen LogP contribution in [0.15, 0.2) is 0 Å². The van der Waals surface area contributed by atoms with Crippen molar-refractivity contribution in [3.8, 4) is 0 Å². The summed E-state index contributed by atoms with van der Waals surface area (Å²) in [6.45, 7) is 5.92. The first-order valence-electron chi connectivity index (χ1n) is 11.3. The zero-order chi connectivity index (χ0) is 20.8. The fraction of sp³-hybridized carbons (Fsp3) is 0.913. The lowest BCUT2D eigenvalue weighted by molar-refractivity contribution is -0.229. The lowest BCUT2D eigenvalue weighted by atomic mass is 9.42. The molecule has 1 spiro atoms. The van der Waals surface area contributed by atoms with E-state index in [2.05, 4.69) is 13.8 Å². The van der Waals surface area contributed by atoms with Crippen molar-refractivity contribution in [3.05, 3.63) is 0 Å². The van der Waals surface area contributed by atoms with Crippen LogP contribution in [0.2, 0.25) is 0 Å². The molecule has 5 rings (SSSR count). The van der Waals surface area contributed by atoms with Crippen molar-refractivity contribution in [2.75, 3.05) is 7.11 Å². The smallest absolute Gasteiger partial charge is 0.309 e. The molecule has 4 aliphatic carbocycles. The van der Waals surface area contributed by atoms with Crippen molar-refractivity contribution < 1.29 is 28.9 Å². The summed E-state index contributed by atoms with van der Waals surface area (Å²) in [5.41, 5.74) is -1.41. The highest BCUT2D eigenvalue weighted by Crippen LogP contribution is 2.76. The Morgan fingerprint density at radius 2 is 1.72 bits per heavy atom. The number of aliphatic hydroxyl groups is 1. The average Bonchev–Trinajstić information content (AvgIpc) is 3.32. The van der Waals surface area contributed by atoms with Crippen molar-refractivity contribution in [2.24, 2.45) is 28.6 Å². The van der Waals surface area contributed by atoms with Crippen LogP contribution in [0.1, 0.15) is 72.1 Å². The molecule has 0 aromatic rings. The lowest BCUT2D eigenvalue weighted by Gasteiger charge is -2.63. The summed E-state index contributed by atoms with van der Waals surface area (Å²) in [7, 11) is 1.48. The highest BCUT2D eigenvalue weighted by molar-refractivity contribution is 5.75. The first-order valence-corrected chi connectivity index (χ1v) is 11.3. The minimum atomic E-state index is -0.804. The SMILES string of the molecule is COC(=O)[C@H]1C[C@H]2O[C@]23[C@@H]2CC[C@]4(O)C[C@@H](OC(C)=O)CC[C@]4(C)[C@H]2CC[C@]13C. The quantitative estimate of drug-likeness (QED) is 0.560. The molecule has 6 heteroatoms. The molecule has 0 amide bonds. The monoisotopic (exact) mass is 406 g/mol.